The van der Waals surface area contributed by atoms with Gasteiger partial charge in [-0.15, -0.1) is 0 Å². The van der Waals surface area contributed by atoms with E-state index >= 15 is 0 Å². The fourth-order valence-electron chi connectivity index (χ4n) is 1.06. The minimum absolute atomic E-state index is 0.150. The molecule has 2 aromatic heterocycles. The van der Waals surface area contributed by atoms with Crippen molar-refractivity contribution in [2.45, 2.75) is 6.92 Å². The average molecular weight is 239 g/mol. The summed E-state index contributed by atoms with van der Waals surface area (Å²) in [7, 11) is 0. The summed E-state index contributed by atoms with van der Waals surface area (Å²) in [6, 6.07) is 0. The van der Waals surface area contributed by atoms with E-state index in [1.165, 1.54) is 18.6 Å². The van der Waals surface area contributed by atoms with Crippen LogP contribution in [0.5, 0.6) is 0 Å². The Kier molecular flexibility index (Phi) is 2.82. The number of nitrogens with one attached hydrogen (secondary N) is 1. The van der Waals surface area contributed by atoms with Gasteiger partial charge in [0.15, 0.2) is 5.82 Å². The molecular weight excluding hydrogens is 232 g/mol. The highest BCUT2D eigenvalue weighted by Crippen LogP contribution is 2.10. The molecule has 82 valence electrons. The lowest BCUT2D eigenvalue weighted by Crippen LogP contribution is -2.13. The van der Waals surface area contributed by atoms with Crippen molar-refractivity contribution < 1.29 is 9.32 Å². The quantitative estimate of drug-likeness (QED) is 0.861. The lowest BCUT2D eigenvalue weighted by molar-refractivity contribution is 0.0986. The lowest BCUT2D eigenvalue weighted by atomic mass is 10.3. The predicted molar refractivity (Wildman–Crippen MR) is 56.2 cm³/mol. The maximum absolute atomic E-state index is 11.6. The fourth-order valence-corrected chi connectivity index (χ4v) is 1.16. The number of hydrogen-bond donors (Lipinski definition) is 1. The number of rotatable bonds is 2. The summed E-state index contributed by atoms with van der Waals surface area (Å²) in [5, 5.41) is 6.27. The van der Waals surface area contributed by atoms with E-state index < -0.39 is 5.91 Å². The number of hydrogen-bond acceptors (Lipinski definition) is 5. The van der Waals surface area contributed by atoms with E-state index in [-0.39, 0.29) is 10.9 Å². The average Bonchev–Trinajstić information content (AvgIpc) is 2.68. The summed E-state index contributed by atoms with van der Waals surface area (Å²) in [4.78, 5) is 19.3. The number of aromatic nitrogens is 3. The first-order chi connectivity index (χ1) is 7.66. The van der Waals surface area contributed by atoms with Gasteiger partial charge in [-0.05, 0) is 6.92 Å². The molecule has 0 aliphatic rings. The minimum Gasteiger partial charge on any atom is -0.351 e. The third-order valence-corrected chi connectivity index (χ3v) is 2.01. The van der Waals surface area contributed by atoms with Crippen LogP contribution in [-0.2, 0) is 0 Å². The Bertz CT molecular complexity index is 508. The Morgan fingerprint density at radius 3 is 2.75 bits per heavy atom. The molecule has 0 fully saturated rings. The van der Waals surface area contributed by atoms with Crippen LogP contribution in [-0.4, -0.2) is 21.0 Å². The largest absolute Gasteiger partial charge is 0.351 e. The third kappa shape index (κ3) is 2.17. The number of halogens is 1. The Morgan fingerprint density at radius 2 is 2.19 bits per heavy atom. The number of anilines is 1. The molecule has 0 saturated heterocycles. The van der Waals surface area contributed by atoms with E-state index in [9.17, 15) is 4.79 Å². The van der Waals surface area contributed by atoms with Gasteiger partial charge in [-0.3, -0.25) is 4.79 Å². The van der Waals surface area contributed by atoms with Crippen LogP contribution >= 0.6 is 11.6 Å². The van der Waals surface area contributed by atoms with Crippen LogP contribution in [0, 0.1) is 6.92 Å². The molecule has 6 nitrogen and oxygen atoms in total. The number of amides is 1. The van der Waals surface area contributed by atoms with Gasteiger partial charge in [0.1, 0.15) is 5.15 Å². The highest BCUT2D eigenvalue weighted by atomic mass is 35.5. The highest BCUT2D eigenvalue weighted by molar-refractivity contribution is 6.29. The monoisotopic (exact) mass is 238 g/mol. The van der Waals surface area contributed by atoms with Gasteiger partial charge >= 0.3 is 0 Å². The molecule has 1 N–H and O–H groups in total. The zero-order chi connectivity index (χ0) is 11.5. The van der Waals surface area contributed by atoms with Crippen LogP contribution in [0.15, 0.2) is 23.1 Å². The summed E-state index contributed by atoms with van der Waals surface area (Å²) >= 11 is 5.56. The molecule has 2 heterocycles. The second kappa shape index (κ2) is 4.28. The number of carbonyl (C=O) groups is 1. The smallest absolute Gasteiger partial charge is 0.295 e. The number of nitrogens with zero attached hydrogens (tertiary/aromatic N) is 3. The van der Waals surface area contributed by atoms with Crippen LogP contribution in [0.2, 0.25) is 5.15 Å². The van der Waals surface area contributed by atoms with Crippen molar-refractivity contribution >= 4 is 23.3 Å². The molecule has 0 atom stereocenters. The molecule has 0 radical (unpaired) electrons. The molecule has 0 bridgehead atoms. The van der Waals surface area contributed by atoms with Gasteiger partial charge in [-0.1, -0.05) is 16.8 Å². The lowest BCUT2D eigenvalue weighted by Gasteiger charge is -2.01. The summed E-state index contributed by atoms with van der Waals surface area (Å²) in [5.41, 5.74) is 0.652. The van der Waals surface area contributed by atoms with E-state index in [1.807, 2.05) is 0 Å². The van der Waals surface area contributed by atoms with Gasteiger partial charge in [0, 0.05) is 5.56 Å². The van der Waals surface area contributed by atoms with Crippen LogP contribution < -0.4 is 5.32 Å². The van der Waals surface area contributed by atoms with E-state index in [4.69, 9.17) is 16.1 Å². The van der Waals surface area contributed by atoms with Crippen molar-refractivity contribution in [3.8, 4) is 0 Å². The summed E-state index contributed by atoms with van der Waals surface area (Å²) in [5.74, 6) is 0.0218. The standard InChI is InChI=1S/C9H7ClN4O2/c1-5-2-13-16-8(5)9(15)14-7-4-11-6(10)3-12-7/h2-4H,1H3,(H,12,14,15). The first-order valence-corrected chi connectivity index (χ1v) is 4.75. The molecule has 0 aliphatic heterocycles. The summed E-state index contributed by atoms with van der Waals surface area (Å²) < 4.78 is 4.79. The molecule has 0 unspecified atom stereocenters. The van der Waals surface area contributed by atoms with E-state index in [0.29, 0.717) is 11.4 Å². The first kappa shape index (κ1) is 10.6. The zero-order valence-corrected chi connectivity index (χ0v) is 9.02. The van der Waals surface area contributed by atoms with Crippen molar-refractivity contribution in [1.82, 2.24) is 15.1 Å². The molecule has 0 aromatic carbocycles. The van der Waals surface area contributed by atoms with Gasteiger partial charge in [0.05, 0.1) is 18.6 Å². The van der Waals surface area contributed by atoms with E-state index in [1.54, 1.807) is 6.92 Å². The number of aryl methyl sites for hydroxylation is 1. The van der Waals surface area contributed by atoms with Crippen molar-refractivity contribution in [1.29, 1.82) is 0 Å². The SMILES string of the molecule is Cc1cnoc1C(=O)Nc1cnc(Cl)cn1. The minimum atomic E-state index is -0.424. The van der Waals surface area contributed by atoms with Crippen molar-refractivity contribution in [2.75, 3.05) is 5.32 Å². The van der Waals surface area contributed by atoms with Gasteiger partial charge in [-0.25, -0.2) is 9.97 Å². The van der Waals surface area contributed by atoms with Crippen LogP contribution in [0.1, 0.15) is 16.1 Å². The molecule has 2 aromatic rings. The molecule has 1 amide bonds. The van der Waals surface area contributed by atoms with E-state index in [2.05, 4.69) is 20.4 Å². The molecule has 0 spiro atoms. The number of carbonyl (C=O) groups excluding carboxylic acids is 1. The molecule has 0 aliphatic carbocycles. The Hall–Kier alpha value is -1.95. The van der Waals surface area contributed by atoms with Gasteiger partial charge in [0.25, 0.3) is 5.91 Å². The van der Waals surface area contributed by atoms with Crippen LogP contribution in [0.25, 0.3) is 0 Å². The molecule has 7 heteroatoms. The first-order valence-electron chi connectivity index (χ1n) is 4.37. The second-order valence-electron chi connectivity index (χ2n) is 3.02. The van der Waals surface area contributed by atoms with Crippen LogP contribution in [0.3, 0.4) is 0 Å². The van der Waals surface area contributed by atoms with Crippen molar-refractivity contribution in [3.63, 3.8) is 0 Å². The summed E-state index contributed by atoms with van der Waals surface area (Å²) in [6.45, 7) is 1.72. The fraction of sp³-hybridized carbons (Fsp3) is 0.111. The van der Waals surface area contributed by atoms with Gasteiger partial charge < -0.3 is 9.84 Å². The van der Waals surface area contributed by atoms with Gasteiger partial charge in [-0.2, -0.15) is 0 Å². The maximum atomic E-state index is 11.6. The molecule has 16 heavy (non-hydrogen) atoms. The molecule has 2 rings (SSSR count). The topological polar surface area (TPSA) is 80.9 Å². The second-order valence-corrected chi connectivity index (χ2v) is 3.40. The van der Waals surface area contributed by atoms with Gasteiger partial charge in [0.2, 0.25) is 5.76 Å². The van der Waals surface area contributed by atoms with E-state index in [0.717, 1.165) is 0 Å². The normalized spacial score (nSPS) is 10.1. The van der Waals surface area contributed by atoms with Crippen molar-refractivity contribution in [3.05, 3.63) is 35.1 Å². The summed E-state index contributed by atoms with van der Waals surface area (Å²) in [6.07, 6.45) is 4.15. The van der Waals surface area contributed by atoms with Crippen molar-refractivity contribution in [2.24, 2.45) is 0 Å². The van der Waals surface area contributed by atoms with Crippen LogP contribution in [0.4, 0.5) is 5.82 Å². The maximum Gasteiger partial charge on any atom is 0.295 e. The zero-order valence-electron chi connectivity index (χ0n) is 8.27. The predicted octanol–water partition coefficient (Wildman–Crippen LogP) is 1.68. The Morgan fingerprint density at radius 1 is 1.38 bits per heavy atom. The molecule has 0 saturated carbocycles. The highest BCUT2D eigenvalue weighted by Gasteiger charge is 2.14. The Labute approximate surface area is 95.6 Å². The molecular formula is C9H7ClN4O2. The third-order valence-electron chi connectivity index (χ3n) is 1.82. The Balaban J connectivity index is 2.14.